The van der Waals surface area contributed by atoms with Crippen LogP contribution < -0.4 is 10.6 Å². The highest BCUT2D eigenvalue weighted by Crippen LogP contribution is 2.07. The van der Waals surface area contributed by atoms with Crippen molar-refractivity contribution in [2.45, 2.75) is 27.4 Å². The smallest absolute Gasteiger partial charge is 0.458 e. The molecule has 2 aromatic rings. The number of carbonyl (C=O) groups is 2. The van der Waals surface area contributed by atoms with Crippen molar-refractivity contribution in [3.05, 3.63) is 52.5 Å². The van der Waals surface area contributed by atoms with Crippen molar-refractivity contribution < 1.29 is 27.9 Å². The third-order valence-corrected chi connectivity index (χ3v) is 2.25. The Bertz CT molecular complexity index is 667. The van der Waals surface area contributed by atoms with Crippen LogP contribution in [0.5, 0.6) is 5.75 Å². The molecule has 118 valence electrons. The zero-order chi connectivity index (χ0) is 16.5. The number of esters is 2. The summed E-state index contributed by atoms with van der Waals surface area (Å²) in [6, 6.07) is 8.98. The van der Waals surface area contributed by atoms with Gasteiger partial charge in [-0.3, -0.25) is 9.59 Å². The third kappa shape index (κ3) is 6.56. The first-order chi connectivity index (χ1) is 10.4. The Kier molecular flexibility index (Phi) is 6.62. The maximum atomic E-state index is 10.5. The maximum absolute atomic E-state index is 10.5. The van der Waals surface area contributed by atoms with Crippen molar-refractivity contribution in [3.63, 3.8) is 0 Å². The Labute approximate surface area is 126 Å². The standard InChI is InChI=1S/C8H8O2.C7H8O5/c1-7(9)10-8-5-3-2-4-6-8;1-4-6(3-10-5(2)8)12-7(9)11-4/h2-6H,1H3;3H2,1-2H3. The van der Waals surface area contributed by atoms with E-state index in [4.69, 9.17) is 4.74 Å². The highest BCUT2D eigenvalue weighted by Gasteiger charge is 2.08. The summed E-state index contributed by atoms with van der Waals surface area (Å²) >= 11 is 0. The first-order valence-corrected chi connectivity index (χ1v) is 6.34. The number of para-hydroxylation sites is 1. The fourth-order valence-electron chi connectivity index (χ4n) is 1.33. The number of aryl methyl sites for hydroxylation is 1. The van der Waals surface area contributed by atoms with Crippen LogP contribution in [0.3, 0.4) is 0 Å². The lowest BCUT2D eigenvalue weighted by molar-refractivity contribution is -0.142. The Hall–Kier alpha value is -2.83. The normalized spacial score (nSPS) is 9.41. The summed E-state index contributed by atoms with van der Waals surface area (Å²) in [7, 11) is 0. The molecule has 0 aliphatic carbocycles. The van der Waals surface area contributed by atoms with Gasteiger partial charge in [-0.15, -0.1) is 0 Å². The lowest BCUT2D eigenvalue weighted by atomic mass is 10.3. The zero-order valence-corrected chi connectivity index (χ0v) is 12.5. The van der Waals surface area contributed by atoms with E-state index < -0.39 is 11.8 Å². The second kappa shape index (κ2) is 8.46. The van der Waals surface area contributed by atoms with Gasteiger partial charge in [-0.2, -0.15) is 0 Å². The van der Waals surface area contributed by atoms with Gasteiger partial charge in [-0.25, -0.2) is 4.79 Å². The molecule has 1 aromatic heterocycles. The Balaban J connectivity index is 0.000000224. The van der Waals surface area contributed by atoms with E-state index in [9.17, 15) is 14.4 Å². The van der Waals surface area contributed by atoms with Gasteiger partial charge in [0.15, 0.2) is 18.1 Å². The van der Waals surface area contributed by atoms with E-state index in [0.717, 1.165) is 0 Å². The average Bonchev–Trinajstić information content (AvgIpc) is 2.76. The van der Waals surface area contributed by atoms with Crippen molar-refractivity contribution in [1.82, 2.24) is 0 Å². The van der Waals surface area contributed by atoms with Crippen molar-refractivity contribution >= 4 is 11.9 Å². The van der Waals surface area contributed by atoms with Crippen LogP contribution in [0.15, 0.2) is 44.0 Å². The van der Waals surface area contributed by atoms with Crippen LogP contribution in [0.25, 0.3) is 0 Å². The molecular weight excluding hydrogens is 292 g/mol. The van der Waals surface area contributed by atoms with Gasteiger partial charge >= 0.3 is 17.8 Å². The summed E-state index contributed by atoms with van der Waals surface area (Å²) in [5, 5.41) is 0. The highest BCUT2D eigenvalue weighted by atomic mass is 16.6. The van der Waals surface area contributed by atoms with Gasteiger partial charge in [0.25, 0.3) is 0 Å². The Morgan fingerprint density at radius 2 is 1.68 bits per heavy atom. The van der Waals surface area contributed by atoms with Gasteiger partial charge < -0.3 is 18.3 Å². The Morgan fingerprint density at radius 3 is 2.14 bits per heavy atom. The molecule has 0 atom stereocenters. The molecule has 0 N–H and O–H groups in total. The molecular formula is C15H16O7. The van der Waals surface area contributed by atoms with E-state index in [1.165, 1.54) is 13.8 Å². The zero-order valence-electron chi connectivity index (χ0n) is 12.5. The number of hydrogen-bond donors (Lipinski definition) is 0. The Morgan fingerprint density at radius 1 is 1.05 bits per heavy atom. The molecule has 0 spiro atoms. The third-order valence-electron chi connectivity index (χ3n) is 2.25. The summed E-state index contributed by atoms with van der Waals surface area (Å²) < 4.78 is 18.5. The van der Waals surface area contributed by atoms with Crippen LogP contribution in [-0.4, -0.2) is 11.9 Å². The maximum Gasteiger partial charge on any atom is 0.519 e. The minimum atomic E-state index is -0.783. The highest BCUT2D eigenvalue weighted by molar-refractivity contribution is 5.69. The SMILES string of the molecule is CC(=O)OCc1oc(=O)oc1C.CC(=O)Oc1ccccc1. The van der Waals surface area contributed by atoms with Gasteiger partial charge in [0, 0.05) is 13.8 Å². The van der Waals surface area contributed by atoms with Crippen LogP contribution >= 0.6 is 0 Å². The summed E-state index contributed by atoms with van der Waals surface area (Å²) in [6.07, 6.45) is 0. The first kappa shape index (κ1) is 17.2. The second-order valence-corrected chi connectivity index (χ2v) is 4.12. The van der Waals surface area contributed by atoms with E-state index in [-0.39, 0.29) is 18.3 Å². The van der Waals surface area contributed by atoms with E-state index in [2.05, 4.69) is 13.6 Å². The first-order valence-electron chi connectivity index (χ1n) is 6.34. The summed E-state index contributed by atoms with van der Waals surface area (Å²) in [4.78, 5) is 31.2. The summed E-state index contributed by atoms with van der Waals surface area (Å²) in [6.45, 7) is 4.15. The van der Waals surface area contributed by atoms with Crippen molar-refractivity contribution in [1.29, 1.82) is 0 Å². The van der Waals surface area contributed by atoms with Crippen LogP contribution in [0.4, 0.5) is 0 Å². The van der Waals surface area contributed by atoms with Gasteiger partial charge in [-0.1, -0.05) is 18.2 Å². The molecule has 22 heavy (non-hydrogen) atoms. The molecule has 1 aromatic carbocycles. The van der Waals surface area contributed by atoms with Crippen LogP contribution in [0, 0.1) is 6.92 Å². The van der Waals surface area contributed by atoms with E-state index >= 15 is 0 Å². The molecule has 1 heterocycles. The summed E-state index contributed by atoms with van der Waals surface area (Å²) in [5.74, 6) is -0.328. The minimum absolute atomic E-state index is 0.0626. The van der Waals surface area contributed by atoms with Gasteiger partial charge in [0.2, 0.25) is 0 Å². The topological polar surface area (TPSA) is 96.0 Å². The van der Waals surface area contributed by atoms with Gasteiger partial charge in [0.1, 0.15) is 5.75 Å². The molecule has 0 bridgehead atoms. The van der Waals surface area contributed by atoms with E-state index in [0.29, 0.717) is 11.5 Å². The molecule has 2 rings (SSSR count). The monoisotopic (exact) mass is 308 g/mol. The molecule has 0 aliphatic heterocycles. The molecule has 0 radical (unpaired) electrons. The lowest BCUT2D eigenvalue weighted by Crippen LogP contribution is -2.00. The number of carbonyl (C=O) groups excluding carboxylic acids is 2. The largest absolute Gasteiger partial charge is 0.519 e. The number of rotatable bonds is 3. The van der Waals surface area contributed by atoms with E-state index in [1.54, 1.807) is 19.1 Å². The molecule has 0 unspecified atom stereocenters. The number of hydrogen-bond acceptors (Lipinski definition) is 7. The van der Waals surface area contributed by atoms with Gasteiger partial charge in [0.05, 0.1) is 0 Å². The summed E-state index contributed by atoms with van der Waals surface area (Å²) in [5.41, 5.74) is 0. The fourth-order valence-corrected chi connectivity index (χ4v) is 1.33. The quantitative estimate of drug-likeness (QED) is 0.633. The molecule has 0 saturated carbocycles. The van der Waals surface area contributed by atoms with Crippen molar-refractivity contribution in [2.75, 3.05) is 0 Å². The molecule has 0 saturated heterocycles. The van der Waals surface area contributed by atoms with Crippen LogP contribution in [0.1, 0.15) is 25.4 Å². The second-order valence-electron chi connectivity index (χ2n) is 4.12. The lowest BCUT2D eigenvalue weighted by Gasteiger charge is -1.97. The predicted molar refractivity (Wildman–Crippen MR) is 75.2 cm³/mol. The van der Waals surface area contributed by atoms with Crippen LogP contribution in [0.2, 0.25) is 0 Å². The van der Waals surface area contributed by atoms with Gasteiger partial charge in [-0.05, 0) is 19.1 Å². The molecule has 7 heteroatoms. The number of benzene rings is 1. The molecule has 7 nitrogen and oxygen atoms in total. The minimum Gasteiger partial charge on any atom is -0.458 e. The molecule has 0 aliphatic rings. The number of ether oxygens (including phenoxy) is 2. The average molecular weight is 308 g/mol. The fraction of sp³-hybridized carbons (Fsp3) is 0.267. The predicted octanol–water partition coefficient (Wildman–Crippen LogP) is 2.22. The van der Waals surface area contributed by atoms with Crippen LogP contribution in [-0.2, 0) is 20.9 Å². The van der Waals surface area contributed by atoms with E-state index in [1.807, 2.05) is 18.2 Å². The molecule has 0 amide bonds. The molecule has 0 fully saturated rings. The van der Waals surface area contributed by atoms with Crippen molar-refractivity contribution in [2.24, 2.45) is 0 Å². The van der Waals surface area contributed by atoms with Crippen molar-refractivity contribution in [3.8, 4) is 5.75 Å².